The van der Waals surface area contributed by atoms with Crippen molar-refractivity contribution in [1.29, 1.82) is 0 Å². The van der Waals surface area contributed by atoms with Crippen molar-refractivity contribution in [2.45, 2.75) is 57.9 Å². The molecule has 2 heterocycles. The maximum absolute atomic E-state index is 6.03. The Labute approximate surface area is 103 Å². The van der Waals surface area contributed by atoms with E-state index in [0.717, 1.165) is 12.2 Å². The van der Waals surface area contributed by atoms with Gasteiger partial charge in [0.15, 0.2) is 5.82 Å². The van der Waals surface area contributed by atoms with Crippen LogP contribution in [0, 0.1) is 0 Å². The number of hydrogen-bond acceptors (Lipinski definition) is 4. The Kier molecular flexibility index (Phi) is 2.99. The summed E-state index contributed by atoms with van der Waals surface area (Å²) in [5, 5.41) is 7.75. The first-order valence-corrected chi connectivity index (χ1v) is 6.07. The topological polar surface area (TPSA) is 52.0 Å². The van der Waals surface area contributed by atoms with Crippen LogP contribution in [-0.2, 0) is 18.3 Å². The summed E-state index contributed by atoms with van der Waals surface area (Å²) in [6.07, 6.45) is 2.73. The quantitative estimate of drug-likeness (QED) is 0.861. The minimum Gasteiger partial charge on any atom is -0.368 e. The van der Waals surface area contributed by atoms with Crippen LogP contribution in [0.3, 0.4) is 0 Å². The van der Waals surface area contributed by atoms with Crippen molar-refractivity contribution in [1.82, 2.24) is 20.1 Å². The highest BCUT2D eigenvalue weighted by molar-refractivity contribution is 4.99. The summed E-state index contributed by atoms with van der Waals surface area (Å²) >= 11 is 0. The number of hydrogen-bond donors (Lipinski definition) is 1. The maximum atomic E-state index is 6.03. The average molecular weight is 238 g/mol. The van der Waals surface area contributed by atoms with E-state index in [1.165, 1.54) is 0 Å². The van der Waals surface area contributed by atoms with Gasteiger partial charge in [-0.05, 0) is 34.1 Å². The van der Waals surface area contributed by atoms with Crippen molar-refractivity contribution in [2.24, 2.45) is 7.05 Å². The molecule has 17 heavy (non-hydrogen) atoms. The summed E-state index contributed by atoms with van der Waals surface area (Å²) in [5.41, 5.74) is -0.197. The molecule has 96 valence electrons. The molecule has 0 saturated carbocycles. The molecule has 5 nitrogen and oxygen atoms in total. The monoisotopic (exact) mass is 238 g/mol. The number of rotatable bonds is 3. The van der Waals surface area contributed by atoms with E-state index in [-0.39, 0.29) is 11.2 Å². The van der Waals surface area contributed by atoms with Crippen molar-refractivity contribution < 1.29 is 4.74 Å². The molecule has 0 bridgehead atoms. The first-order valence-electron chi connectivity index (χ1n) is 6.07. The third-order valence-electron chi connectivity index (χ3n) is 3.23. The molecule has 1 atom stereocenters. The van der Waals surface area contributed by atoms with Crippen molar-refractivity contribution in [3.63, 3.8) is 0 Å². The lowest BCUT2D eigenvalue weighted by molar-refractivity contribution is -0.0699. The SMILES string of the molecule is Cn1cnc(CNC2CC(C)(C)OC2(C)C)n1. The van der Waals surface area contributed by atoms with Crippen LogP contribution in [0.15, 0.2) is 6.33 Å². The van der Waals surface area contributed by atoms with Gasteiger partial charge in [0.1, 0.15) is 6.33 Å². The van der Waals surface area contributed by atoms with E-state index < -0.39 is 0 Å². The van der Waals surface area contributed by atoms with Gasteiger partial charge in [0.25, 0.3) is 0 Å². The normalized spacial score (nSPS) is 26.3. The van der Waals surface area contributed by atoms with Gasteiger partial charge in [-0.2, -0.15) is 5.10 Å². The molecule has 5 heteroatoms. The predicted octanol–water partition coefficient (Wildman–Crippen LogP) is 1.25. The molecule has 1 aromatic rings. The van der Waals surface area contributed by atoms with E-state index in [4.69, 9.17) is 4.74 Å². The van der Waals surface area contributed by atoms with Gasteiger partial charge in [-0.1, -0.05) is 0 Å². The molecule has 1 aromatic heterocycles. The fourth-order valence-electron chi connectivity index (χ4n) is 2.56. The molecule has 0 aromatic carbocycles. The lowest BCUT2D eigenvalue weighted by Crippen LogP contribution is -2.43. The molecular formula is C12H22N4O. The van der Waals surface area contributed by atoms with Crippen LogP contribution in [0.4, 0.5) is 0 Å². The number of nitrogens with one attached hydrogen (secondary N) is 1. The Morgan fingerprint density at radius 3 is 2.65 bits per heavy atom. The molecule has 0 spiro atoms. The Morgan fingerprint density at radius 1 is 1.47 bits per heavy atom. The standard InChI is InChI=1S/C12H22N4O/c1-11(2)6-9(12(3,4)17-11)13-7-10-14-8-16(5)15-10/h8-9,13H,6-7H2,1-5H3. The van der Waals surface area contributed by atoms with Crippen LogP contribution in [0.1, 0.15) is 39.9 Å². The van der Waals surface area contributed by atoms with Crippen LogP contribution in [0.2, 0.25) is 0 Å². The second-order valence-electron chi connectivity index (χ2n) is 5.94. The Bertz CT molecular complexity index is 397. The summed E-state index contributed by atoms with van der Waals surface area (Å²) in [5.74, 6) is 0.827. The molecule has 1 unspecified atom stereocenters. The zero-order chi connectivity index (χ0) is 12.7. The summed E-state index contributed by atoms with van der Waals surface area (Å²) in [4.78, 5) is 4.21. The summed E-state index contributed by atoms with van der Waals surface area (Å²) in [7, 11) is 1.88. The second-order valence-corrected chi connectivity index (χ2v) is 5.94. The third kappa shape index (κ3) is 2.84. The highest BCUT2D eigenvalue weighted by Gasteiger charge is 2.45. The predicted molar refractivity (Wildman–Crippen MR) is 65.5 cm³/mol. The fraction of sp³-hybridized carbons (Fsp3) is 0.833. The molecule has 0 radical (unpaired) electrons. The molecule has 1 fully saturated rings. The summed E-state index contributed by atoms with van der Waals surface area (Å²) < 4.78 is 7.75. The number of aromatic nitrogens is 3. The zero-order valence-corrected chi connectivity index (χ0v) is 11.3. The molecule has 0 amide bonds. The highest BCUT2D eigenvalue weighted by atomic mass is 16.5. The van der Waals surface area contributed by atoms with Crippen molar-refractivity contribution in [2.75, 3.05) is 0 Å². The van der Waals surface area contributed by atoms with E-state index in [1.807, 2.05) is 7.05 Å². The summed E-state index contributed by atoms with van der Waals surface area (Å²) in [6, 6.07) is 0.335. The molecule has 1 saturated heterocycles. The summed E-state index contributed by atoms with van der Waals surface area (Å²) in [6.45, 7) is 9.22. The van der Waals surface area contributed by atoms with Gasteiger partial charge in [-0.15, -0.1) is 0 Å². The molecule has 2 rings (SSSR count). The minimum atomic E-state index is -0.141. The van der Waals surface area contributed by atoms with Gasteiger partial charge < -0.3 is 10.1 Å². The van der Waals surface area contributed by atoms with E-state index in [9.17, 15) is 0 Å². The molecule has 1 N–H and O–H groups in total. The van der Waals surface area contributed by atoms with Gasteiger partial charge >= 0.3 is 0 Å². The lowest BCUT2D eigenvalue weighted by atomic mass is 9.94. The second kappa shape index (κ2) is 4.07. The molecule has 1 aliphatic heterocycles. The van der Waals surface area contributed by atoms with Crippen molar-refractivity contribution >= 4 is 0 Å². The lowest BCUT2D eigenvalue weighted by Gasteiger charge is -2.27. The van der Waals surface area contributed by atoms with Gasteiger partial charge in [0.2, 0.25) is 0 Å². The van der Waals surface area contributed by atoms with Gasteiger partial charge in [-0.3, -0.25) is 4.68 Å². The van der Waals surface area contributed by atoms with Crippen LogP contribution in [0.5, 0.6) is 0 Å². The Morgan fingerprint density at radius 2 is 2.18 bits per heavy atom. The van der Waals surface area contributed by atoms with E-state index in [1.54, 1.807) is 11.0 Å². The first kappa shape index (κ1) is 12.5. The molecule has 0 aliphatic carbocycles. The average Bonchev–Trinajstić information content (AvgIpc) is 2.64. The van der Waals surface area contributed by atoms with Crippen LogP contribution in [0.25, 0.3) is 0 Å². The number of nitrogens with zero attached hydrogens (tertiary/aromatic N) is 3. The van der Waals surface area contributed by atoms with Gasteiger partial charge in [0, 0.05) is 13.1 Å². The van der Waals surface area contributed by atoms with E-state index in [0.29, 0.717) is 12.6 Å². The number of ether oxygens (including phenoxy) is 1. The number of aryl methyl sites for hydroxylation is 1. The Balaban J connectivity index is 1.95. The molecular weight excluding hydrogens is 216 g/mol. The van der Waals surface area contributed by atoms with Gasteiger partial charge in [0.05, 0.1) is 17.7 Å². The minimum absolute atomic E-state index is 0.0568. The fourth-order valence-corrected chi connectivity index (χ4v) is 2.56. The first-order chi connectivity index (χ1) is 7.78. The maximum Gasteiger partial charge on any atom is 0.164 e. The van der Waals surface area contributed by atoms with E-state index in [2.05, 4.69) is 43.1 Å². The van der Waals surface area contributed by atoms with Crippen LogP contribution < -0.4 is 5.32 Å². The zero-order valence-electron chi connectivity index (χ0n) is 11.3. The van der Waals surface area contributed by atoms with Crippen molar-refractivity contribution in [3.8, 4) is 0 Å². The Hall–Kier alpha value is -0.940. The van der Waals surface area contributed by atoms with Crippen LogP contribution in [-0.4, -0.2) is 32.0 Å². The van der Waals surface area contributed by atoms with E-state index >= 15 is 0 Å². The van der Waals surface area contributed by atoms with Crippen molar-refractivity contribution in [3.05, 3.63) is 12.2 Å². The van der Waals surface area contributed by atoms with Crippen LogP contribution >= 0.6 is 0 Å². The molecule has 1 aliphatic rings. The largest absolute Gasteiger partial charge is 0.368 e. The third-order valence-corrected chi connectivity index (χ3v) is 3.23. The van der Waals surface area contributed by atoms with Gasteiger partial charge in [-0.25, -0.2) is 4.98 Å². The smallest absolute Gasteiger partial charge is 0.164 e. The highest BCUT2D eigenvalue weighted by Crippen LogP contribution is 2.37.